The number of hydrogen-bond donors (Lipinski definition) is 2. The maximum Gasteiger partial charge on any atom is 0.218 e. The molecule has 1 aliphatic heterocycles. The van der Waals surface area contributed by atoms with Crippen molar-refractivity contribution in [2.75, 3.05) is 19.6 Å². The average molecular weight is 270 g/mol. The van der Waals surface area contributed by atoms with Crippen molar-refractivity contribution < 1.29 is 13.5 Å². The molecule has 0 aromatic heterocycles. The fourth-order valence-corrected chi connectivity index (χ4v) is 3.54. The lowest BCUT2D eigenvalue weighted by atomic mass is 10.2. The number of sulfonamides is 1. The molecule has 18 heavy (non-hydrogen) atoms. The van der Waals surface area contributed by atoms with Crippen molar-refractivity contribution in [3.8, 4) is 5.75 Å². The van der Waals surface area contributed by atoms with Crippen LogP contribution in [0.4, 0.5) is 0 Å². The van der Waals surface area contributed by atoms with Crippen LogP contribution < -0.4 is 5.32 Å². The zero-order valence-electron chi connectivity index (χ0n) is 10.3. The molecule has 1 aromatic carbocycles. The number of nitrogens with zero attached hydrogens (tertiary/aromatic N) is 1. The van der Waals surface area contributed by atoms with Crippen molar-refractivity contribution in [2.24, 2.45) is 0 Å². The summed E-state index contributed by atoms with van der Waals surface area (Å²) in [6, 6.07) is 6.71. The van der Waals surface area contributed by atoms with Gasteiger partial charge in [0, 0.05) is 26.2 Å². The molecule has 2 N–H and O–H groups in total. The molecule has 0 radical (unpaired) electrons. The molecule has 5 nitrogen and oxygen atoms in total. The highest BCUT2D eigenvalue weighted by Crippen LogP contribution is 2.17. The van der Waals surface area contributed by atoms with Crippen LogP contribution in [0.25, 0.3) is 0 Å². The van der Waals surface area contributed by atoms with E-state index >= 15 is 0 Å². The topological polar surface area (TPSA) is 69.6 Å². The Hall–Kier alpha value is -1.11. The van der Waals surface area contributed by atoms with Gasteiger partial charge in [-0.3, -0.25) is 0 Å². The van der Waals surface area contributed by atoms with E-state index in [0.29, 0.717) is 26.2 Å². The van der Waals surface area contributed by atoms with Crippen LogP contribution in [0.2, 0.25) is 0 Å². The first-order chi connectivity index (χ1) is 8.50. The van der Waals surface area contributed by atoms with Crippen molar-refractivity contribution in [1.82, 2.24) is 9.62 Å². The lowest BCUT2D eigenvalue weighted by molar-refractivity contribution is 0.411. The number of nitrogens with one attached hydrogen (secondary N) is 1. The van der Waals surface area contributed by atoms with Gasteiger partial charge in [-0.25, -0.2) is 8.42 Å². The number of aromatic hydroxyl groups is 1. The van der Waals surface area contributed by atoms with Gasteiger partial charge in [-0.2, -0.15) is 4.31 Å². The summed E-state index contributed by atoms with van der Waals surface area (Å²) in [4.78, 5) is 0. The van der Waals surface area contributed by atoms with E-state index < -0.39 is 15.3 Å². The number of phenolic OH excluding ortho intramolecular Hbond substituents is 1. The van der Waals surface area contributed by atoms with Crippen LogP contribution in [0, 0.1) is 0 Å². The molecule has 0 amide bonds. The fraction of sp³-hybridized carbons (Fsp3) is 0.500. The Morgan fingerprint density at radius 1 is 1.50 bits per heavy atom. The molecule has 1 atom stereocenters. The minimum atomic E-state index is -3.26. The van der Waals surface area contributed by atoms with E-state index in [9.17, 15) is 13.5 Å². The second-order valence-electron chi connectivity index (χ2n) is 4.56. The zero-order chi connectivity index (χ0) is 13.2. The maximum absolute atomic E-state index is 12.2. The van der Waals surface area contributed by atoms with E-state index in [0.717, 1.165) is 5.56 Å². The number of hydrogen-bond acceptors (Lipinski definition) is 4. The Kier molecular flexibility index (Phi) is 3.89. The van der Waals surface area contributed by atoms with Gasteiger partial charge in [0.15, 0.2) is 0 Å². The molecule has 2 rings (SSSR count). The van der Waals surface area contributed by atoms with Crippen LogP contribution in [0.5, 0.6) is 5.75 Å². The highest BCUT2D eigenvalue weighted by Gasteiger charge is 2.30. The van der Waals surface area contributed by atoms with Crippen LogP contribution in [0.15, 0.2) is 24.3 Å². The van der Waals surface area contributed by atoms with E-state index in [1.54, 1.807) is 25.1 Å². The highest BCUT2D eigenvalue weighted by atomic mass is 32.2. The molecule has 0 aliphatic carbocycles. The van der Waals surface area contributed by atoms with E-state index in [-0.39, 0.29) is 5.75 Å². The molecule has 1 saturated heterocycles. The standard InChI is InChI=1S/C12H18N2O3S/c1-10-8-13-5-6-14(18(10,16)17)9-11-3-2-4-12(15)7-11/h2-4,7,10,13,15H,5-6,8-9H2,1H3. The van der Waals surface area contributed by atoms with Gasteiger partial charge >= 0.3 is 0 Å². The molecule has 1 fully saturated rings. The Morgan fingerprint density at radius 3 is 3.00 bits per heavy atom. The van der Waals surface area contributed by atoms with Crippen molar-refractivity contribution in [1.29, 1.82) is 0 Å². The van der Waals surface area contributed by atoms with Gasteiger partial charge < -0.3 is 10.4 Å². The SMILES string of the molecule is CC1CNCCN(Cc2cccc(O)c2)S1(=O)=O. The predicted octanol–water partition coefficient (Wildman–Crippen LogP) is 0.516. The maximum atomic E-state index is 12.2. The summed E-state index contributed by atoms with van der Waals surface area (Å²) in [5, 5.41) is 12.1. The lowest BCUT2D eigenvalue weighted by Crippen LogP contribution is -2.37. The van der Waals surface area contributed by atoms with Crippen LogP contribution in [-0.2, 0) is 16.6 Å². The number of phenols is 1. The first kappa shape index (κ1) is 13.3. The van der Waals surface area contributed by atoms with E-state index in [4.69, 9.17) is 0 Å². The predicted molar refractivity (Wildman–Crippen MR) is 69.8 cm³/mol. The smallest absolute Gasteiger partial charge is 0.218 e. The highest BCUT2D eigenvalue weighted by molar-refractivity contribution is 7.89. The molecule has 0 saturated carbocycles. The summed E-state index contributed by atoms with van der Waals surface area (Å²) in [6.07, 6.45) is 0. The van der Waals surface area contributed by atoms with Gasteiger partial charge in [-0.1, -0.05) is 12.1 Å². The Balaban J connectivity index is 2.21. The third-order valence-corrected chi connectivity index (χ3v) is 5.32. The molecule has 0 spiro atoms. The largest absolute Gasteiger partial charge is 0.508 e. The molecular weight excluding hydrogens is 252 g/mol. The van der Waals surface area contributed by atoms with Gasteiger partial charge in [0.1, 0.15) is 5.75 Å². The van der Waals surface area contributed by atoms with E-state index in [2.05, 4.69) is 5.32 Å². The first-order valence-electron chi connectivity index (χ1n) is 5.98. The second kappa shape index (κ2) is 5.26. The molecule has 1 aromatic rings. The van der Waals surface area contributed by atoms with Crippen molar-refractivity contribution >= 4 is 10.0 Å². The van der Waals surface area contributed by atoms with Crippen LogP contribution >= 0.6 is 0 Å². The summed E-state index contributed by atoms with van der Waals surface area (Å²) in [5.74, 6) is 0.158. The van der Waals surface area contributed by atoms with Gasteiger partial charge in [-0.15, -0.1) is 0 Å². The molecule has 1 aliphatic rings. The Bertz CT molecular complexity index is 516. The summed E-state index contributed by atoms with van der Waals surface area (Å²) in [5.41, 5.74) is 0.799. The summed E-state index contributed by atoms with van der Waals surface area (Å²) in [7, 11) is -3.26. The molecule has 0 bridgehead atoms. The second-order valence-corrected chi connectivity index (χ2v) is 6.91. The summed E-state index contributed by atoms with van der Waals surface area (Å²) in [6.45, 7) is 3.62. The molecule has 1 unspecified atom stereocenters. The van der Waals surface area contributed by atoms with Crippen LogP contribution in [-0.4, -0.2) is 42.7 Å². The summed E-state index contributed by atoms with van der Waals surface area (Å²) < 4.78 is 26.0. The van der Waals surface area contributed by atoms with Crippen molar-refractivity contribution in [3.05, 3.63) is 29.8 Å². The van der Waals surface area contributed by atoms with Crippen molar-refractivity contribution in [3.63, 3.8) is 0 Å². The van der Waals surface area contributed by atoms with Crippen LogP contribution in [0.3, 0.4) is 0 Å². The number of rotatable bonds is 2. The minimum Gasteiger partial charge on any atom is -0.508 e. The first-order valence-corrected chi connectivity index (χ1v) is 7.48. The minimum absolute atomic E-state index is 0.158. The molecule has 100 valence electrons. The Labute approximate surface area is 107 Å². The van der Waals surface area contributed by atoms with E-state index in [1.165, 1.54) is 4.31 Å². The van der Waals surface area contributed by atoms with Gasteiger partial charge in [-0.05, 0) is 24.6 Å². The molecule has 1 heterocycles. The fourth-order valence-electron chi connectivity index (χ4n) is 2.02. The third-order valence-electron chi connectivity index (χ3n) is 3.11. The van der Waals surface area contributed by atoms with Crippen LogP contribution in [0.1, 0.15) is 12.5 Å². The van der Waals surface area contributed by atoms with Crippen molar-refractivity contribution in [2.45, 2.75) is 18.7 Å². The normalized spacial score (nSPS) is 24.6. The number of benzene rings is 1. The third kappa shape index (κ3) is 2.82. The summed E-state index contributed by atoms with van der Waals surface area (Å²) >= 11 is 0. The lowest BCUT2D eigenvalue weighted by Gasteiger charge is -2.22. The molecule has 6 heteroatoms. The molecular formula is C12H18N2O3S. The quantitative estimate of drug-likeness (QED) is 0.822. The van der Waals surface area contributed by atoms with Gasteiger partial charge in [0.05, 0.1) is 5.25 Å². The van der Waals surface area contributed by atoms with Gasteiger partial charge in [0.25, 0.3) is 0 Å². The monoisotopic (exact) mass is 270 g/mol. The Morgan fingerprint density at radius 2 is 2.28 bits per heavy atom. The van der Waals surface area contributed by atoms with E-state index in [1.807, 2.05) is 6.07 Å². The average Bonchev–Trinajstić information content (AvgIpc) is 2.42. The zero-order valence-corrected chi connectivity index (χ0v) is 11.2. The van der Waals surface area contributed by atoms with Gasteiger partial charge in [0.2, 0.25) is 10.0 Å².